The summed E-state index contributed by atoms with van der Waals surface area (Å²) in [6.07, 6.45) is 1.87. The highest BCUT2D eigenvalue weighted by molar-refractivity contribution is 7.99. The van der Waals surface area contributed by atoms with Gasteiger partial charge in [-0.3, -0.25) is 0 Å². The maximum atomic E-state index is 13.5. The summed E-state index contributed by atoms with van der Waals surface area (Å²) >= 11 is 1.78. The average molecular weight is 255 g/mol. The van der Waals surface area contributed by atoms with Gasteiger partial charge in [0.15, 0.2) is 0 Å². The third-order valence-corrected chi connectivity index (χ3v) is 3.35. The van der Waals surface area contributed by atoms with Gasteiger partial charge in [0.2, 0.25) is 0 Å². The van der Waals surface area contributed by atoms with Crippen molar-refractivity contribution in [1.29, 1.82) is 0 Å². The van der Waals surface area contributed by atoms with Crippen molar-refractivity contribution in [1.82, 2.24) is 5.32 Å². The number of hydrogen-bond acceptors (Lipinski definition) is 3. The Morgan fingerprint density at radius 1 is 1.59 bits per heavy atom. The number of phenols is 1. The predicted molar refractivity (Wildman–Crippen MR) is 72.0 cm³/mol. The molecule has 0 saturated carbocycles. The standard InChI is InChI=1S/C13H18FNOS/c1-3-7-17-8-6-15-10(2)12-5-4-11(16)9-13(12)14/h3-5,9-10,15-16H,1,6-8H2,2H3. The Balaban J connectivity index is 2.41. The first-order valence-corrected chi connectivity index (χ1v) is 6.71. The zero-order valence-electron chi connectivity index (χ0n) is 9.95. The summed E-state index contributed by atoms with van der Waals surface area (Å²) in [5.41, 5.74) is 0.580. The van der Waals surface area contributed by atoms with Crippen LogP contribution in [-0.2, 0) is 0 Å². The van der Waals surface area contributed by atoms with Crippen LogP contribution in [0.2, 0.25) is 0 Å². The fourth-order valence-electron chi connectivity index (χ4n) is 1.49. The molecule has 17 heavy (non-hydrogen) atoms. The fourth-order valence-corrected chi connectivity index (χ4v) is 2.09. The molecule has 4 heteroatoms. The number of hydrogen-bond donors (Lipinski definition) is 2. The van der Waals surface area contributed by atoms with E-state index in [2.05, 4.69) is 11.9 Å². The van der Waals surface area contributed by atoms with Crippen LogP contribution >= 0.6 is 11.8 Å². The summed E-state index contributed by atoms with van der Waals surface area (Å²) in [6, 6.07) is 4.20. The van der Waals surface area contributed by atoms with Crippen LogP contribution in [0.4, 0.5) is 4.39 Å². The van der Waals surface area contributed by atoms with E-state index in [9.17, 15) is 4.39 Å². The molecule has 0 bridgehead atoms. The lowest BCUT2D eigenvalue weighted by Gasteiger charge is -2.14. The minimum Gasteiger partial charge on any atom is -0.508 e. The van der Waals surface area contributed by atoms with E-state index in [0.29, 0.717) is 5.56 Å². The lowest BCUT2D eigenvalue weighted by Crippen LogP contribution is -2.22. The number of halogens is 1. The molecule has 0 amide bonds. The molecule has 2 N–H and O–H groups in total. The van der Waals surface area contributed by atoms with Gasteiger partial charge in [0.1, 0.15) is 11.6 Å². The Morgan fingerprint density at radius 2 is 2.35 bits per heavy atom. The van der Waals surface area contributed by atoms with Crippen LogP contribution in [0.1, 0.15) is 18.5 Å². The molecule has 1 rings (SSSR count). The Bertz CT molecular complexity index is 370. The van der Waals surface area contributed by atoms with Crippen molar-refractivity contribution in [3.05, 3.63) is 42.2 Å². The van der Waals surface area contributed by atoms with Crippen molar-refractivity contribution in [3.8, 4) is 5.75 Å². The van der Waals surface area contributed by atoms with Gasteiger partial charge in [-0.15, -0.1) is 6.58 Å². The van der Waals surface area contributed by atoms with E-state index in [4.69, 9.17) is 5.11 Å². The van der Waals surface area contributed by atoms with E-state index in [1.54, 1.807) is 17.8 Å². The van der Waals surface area contributed by atoms with Crippen molar-refractivity contribution in [2.45, 2.75) is 13.0 Å². The Morgan fingerprint density at radius 3 is 3.00 bits per heavy atom. The lowest BCUT2D eigenvalue weighted by molar-refractivity contribution is 0.464. The molecule has 0 fully saturated rings. The monoisotopic (exact) mass is 255 g/mol. The molecule has 0 aromatic heterocycles. The molecular formula is C13H18FNOS. The second-order valence-corrected chi connectivity index (χ2v) is 4.90. The molecule has 0 aliphatic heterocycles. The summed E-state index contributed by atoms with van der Waals surface area (Å²) < 4.78 is 13.5. The predicted octanol–water partition coefficient (Wildman–Crippen LogP) is 3.10. The summed E-state index contributed by atoms with van der Waals surface area (Å²) in [6.45, 7) is 6.38. The summed E-state index contributed by atoms with van der Waals surface area (Å²) in [4.78, 5) is 0. The van der Waals surface area contributed by atoms with Gasteiger partial charge in [0.05, 0.1) is 0 Å². The summed E-state index contributed by atoms with van der Waals surface area (Å²) in [5.74, 6) is 1.49. The van der Waals surface area contributed by atoms with E-state index >= 15 is 0 Å². The fraction of sp³-hybridized carbons (Fsp3) is 0.385. The molecule has 2 nitrogen and oxygen atoms in total. The van der Waals surface area contributed by atoms with Crippen molar-refractivity contribution in [3.63, 3.8) is 0 Å². The molecular weight excluding hydrogens is 237 g/mol. The first kappa shape index (κ1) is 14.1. The van der Waals surface area contributed by atoms with E-state index in [0.717, 1.165) is 24.1 Å². The van der Waals surface area contributed by atoms with Gasteiger partial charge in [-0.2, -0.15) is 11.8 Å². The third kappa shape index (κ3) is 4.79. The Kier molecular flexibility index (Phi) is 6.08. The van der Waals surface area contributed by atoms with E-state index in [-0.39, 0.29) is 17.6 Å². The van der Waals surface area contributed by atoms with E-state index in [1.807, 2.05) is 13.0 Å². The van der Waals surface area contributed by atoms with Crippen LogP contribution in [0.25, 0.3) is 0 Å². The third-order valence-electron chi connectivity index (χ3n) is 2.38. The molecule has 1 unspecified atom stereocenters. The number of rotatable bonds is 7. The van der Waals surface area contributed by atoms with Crippen LogP contribution in [0.5, 0.6) is 5.75 Å². The van der Waals surface area contributed by atoms with Gasteiger partial charge in [-0.1, -0.05) is 12.1 Å². The molecule has 0 saturated heterocycles. The second-order valence-electron chi connectivity index (χ2n) is 3.75. The minimum absolute atomic E-state index is 0.0417. The second kappa shape index (κ2) is 7.35. The van der Waals surface area contributed by atoms with Crippen LogP contribution < -0.4 is 5.32 Å². The van der Waals surface area contributed by atoms with Gasteiger partial charge in [0, 0.05) is 35.7 Å². The molecule has 0 aliphatic rings. The highest BCUT2D eigenvalue weighted by Gasteiger charge is 2.10. The van der Waals surface area contributed by atoms with Crippen LogP contribution in [0.3, 0.4) is 0 Å². The topological polar surface area (TPSA) is 32.3 Å². The molecule has 0 radical (unpaired) electrons. The number of thioether (sulfide) groups is 1. The normalized spacial score (nSPS) is 12.4. The molecule has 0 heterocycles. The van der Waals surface area contributed by atoms with Gasteiger partial charge in [0.25, 0.3) is 0 Å². The highest BCUT2D eigenvalue weighted by atomic mass is 32.2. The SMILES string of the molecule is C=CCSCCNC(C)c1ccc(O)cc1F. The maximum Gasteiger partial charge on any atom is 0.131 e. The van der Waals surface area contributed by atoms with Gasteiger partial charge >= 0.3 is 0 Å². The van der Waals surface area contributed by atoms with Crippen LogP contribution in [0.15, 0.2) is 30.9 Å². The number of nitrogens with one attached hydrogen (secondary N) is 1. The molecule has 0 aliphatic carbocycles. The number of phenolic OH excluding ortho intramolecular Hbond substituents is 1. The Labute approximate surface area is 106 Å². The molecule has 1 aromatic rings. The quantitative estimate of drug-likeness (QED) is 0.580. The van der Waals surface area contributed by atoms with Gasteiger partial charge in [-0.05, 0) is 13.0 Å². The van der Waals surface area contributed by atoms with E-state index in [1.165, 1.54) is 6.07 Å². The Hall–Kier alpha value is -1.00. The molecule has 94 valence electrons. The zero-order valence-corrected chi connectivity index (χ0v) is 10.8. The highest BCUT2D eigenvalue weighted by Crippen LogP contribution is 2.20. The first-order chi connectivity index (χ1) is 8.15. The minimum atomic E-state index is -0.372. The lowest BCUT2D eigenvalue weighted by atomic mass is 10.1. The van der Waals surface area contributed by atoms with Crippen LogP contribution in [0, 0.1) is 5.82 Å². The largest absolute Gasteiger partial charge is 0.508 e. The van der Waals surface area contributed by atoms with Crippen molar-refractivity contribution in [2.75, 3.05) is 18.1 Å². The maximum absolute atomic E-state index is 13.5. The first-order valence-electron chi connectivity index (χ1n) is 5.55. The van der Waals surface area contributed by atoms with E-state index < -0.39 is 0 Å². The molecule has 1 atom stereocenters. The summed E-state index contributed by atoms with van der Waals surface area (Å²) in [5, 5.41) is 12.4. The van der Waals surface area contributed by atoms with Crippen molar-refractivity contribution < 1.29 is 9.50 Å². The van der Waals surface area contributed by atoms with Crippen LogP contribution in [-0.4, -0.2) is 23.2 Å². The van der Waals surface area contributed by atoms with Crippen molar-refractivity contribution in [2.24, 2.45) is 0 Å². The van der Waals surface area contributed by atoms with Crippen molar-refractivity contribution >= 4 is 11.8 Å². The summed E-state index contributed by atoms with van der Waals surface area (Å²) in [7, 11) is 0. The molecule has 1 aromatic carbocycles. The zero-order chi connectivity index (χ0) is 12.7. The number of aromatic hydroxyl groups is 1. The number of benzene rings is 1. The smallest absolute Gasteiger partial charge is 0.131 e. The molecule has 0 spiro atoms. The van der Waals surface area contributed by atoms with Gasteiger partial charge in [-0.25, -0.2) is 4.39 Å². The average Bonchev–Trinajstić information content (AvgIpc) is 2.28. The van der Waals surface area contributed by atoms with Gasteiger partial charge < -0.3 is 10.4 Å².